The lowest BCUT2D eigenvalue weighted by molar-refractivity contribution is -0.166. The predicted molar refractivity (Wildman–Crippen MR) is 126 cm³/mol. The van der Waals surface area contributed by atoms with Crippen LogP contribution in [-0.4, -0.2) is 28.8 Å². The van der Waals surface area contributed by atoms with Gasteiger partial charge in [0.2, 0.25) is 5.91 Å². The Balaban J connectivity index is 1.34. The van der Waals surface area contributed by atoms with E-state index < -0.39 is 0 Å². The monoisotopic (exact) mass is 432 g/mol. The summed E-state index contributed by atoms with van der Waals surface area (Å²) in [5, 5.41) is 10.9. The van der Waals surface area contributed by atoms with Crippen LogP contribution in [0.25, 0.3) is 0 Å². The van der Waals surface area contributed by atoms with Crippen molar-refractivity contribution < 1.29 is 14.7 Å². The summed E-state index contributed by atoms with van der Waals surface area (Å²) < 4.78 is 5.80. The number of carbonyl (C=O) groups is 1. The summed E-state index contributed by atoms with van der Waals surface area (Å²) in [5.41, 5.74) is 9.58. The first-order valence-electron chi connectivity index (χ1n) is 11.1. The average Bonchev–Trinajstić information content (AvgIpc) is 2.82. The van der Waals surface area contributed by atoms with Crippen LogP contribution in [0.5, 0.6) is 5.75 Å². The van der Waals surface area contributed by atoms with Crippen LogP contribution in [0, 0.1) is 0 Å². The zero-order valence-corrected chi connectivity index (χ0v) is 18.4. The minimum absolute atomic E-state index is 0.115. The van der Waals surface area contributed by atoms with E-state index in [1.165, 1.54) is 5.56 Å². The van der Waals surface area contributed by atoms with Crippen LogP contribution in [0.1, 0.15) is 36.0 Å². The molecule has 3 aromatic rings. The highest BCUT2D eigenvalue weighted by molar-refractivity contribution is 5.74. The third-order valence-corrected chi connectivity index (χ3v) is 5.31. The van der Waals surface area contributed by atoms with Crippen LogP contribution in [0.4, 0.5) is 0 Å². The van der Waals surface area contributed by atoms with E-state index in [0.717, 1.165) is 41.2 Å². The molecule has 5 nitrogen and oxygen atoms in total. The van der Waals surface area contributed by atoms with Gasteiger partial charge in [-0.3, -0.25) is 10.0 Å². The van der Waals surface area contributed by atoms with Gasteiger partial charge in [-0.05, 0) is 54.5 Å². The first-order chi connectivity index (χ1) is 15.6. The third-order valence-electron chi connectivity index (χ3n) is 5.31. The Hall–Kier alpha value is -3.15. The van der Waals surface area contributed by atoms with E-state index in [9.17, 15) is 10.0 Å². The molecule has 0 radical (unpaired) electrons. The van der Waals surface area contributed by atoms with E-state index in [-0.39, 0.29) is 18.5 Å². The van der Waals surface area contributed by atoms with Gasteiger partial charge < -0.3 is 10.5 Å². The Morgan fingerprint density at radius 1 is 0.844 bits per heavy atom. The number of rotatable bonds is 12. The van der Waals surface area contributed by atoms with Gasteiger partial charge in [-0.1, -0.05) is 72.8 Å². The van der Waals surface area contributed by atoms with E-state index >= 15 is 0 Å². The van der Waals surface area contributed by atoms with Crippen molar-refractivity contribution in [2.45, 2.75) is 44.8 Å². The van der Waals surface area contributed by atoms with Crippen molar-refractivity contribution in [3.8, 4) is 5.75 Å². The van der Waals surface area contributed by atoms with Crippen LogP contribution in [0.15, 0.2) is 84.9 Å². The van der Waals surface area contributed by atoms with Crippen molar-refractivity contribution in [2.24, 2.45) is 5.73 Å². The molecule has 0 aliphatic rings. The maximum Gasteiger partial charge on any atom is 0.245 e. The molecule has 168 valence electrons. The SMILES string of the molecule is N[C@@H](Cc1ccc(OCc2ccccc2)cc1)CN(O)C(=O)CCCCc1ccccc1. The molecule has 3 N–H and O–H groups in total. The molecule has 0 aromatic heterocycles. The molecule has 0 fully saturated rings. The molecule has 0 bridgehead atoms. The number of unbranched alkanes of at least 4 members (excludes halogenated alkanes) is 1. The van der Waals surface area contributed by atoms with Crippen LogP contribution in [-0.2, 0) is 24.2 Å². The summed E-state index contributed by atoms with van der Waals surface area (Å²) in [5.74, 6) is 0.513. The molecule has 0 saturated carbocycles. The van der Waals surface area contributed by atoms with E-state index in [1.807, 2.05) is 72.8 Å². The minimum atomic E-state index is -0.343. The second-order valence-corrected chi connectivity index (χ2v) is 8.05. The van der Waals surface area contributed by atoms with Crippen LogP contribution in [0.2, 0.25) is 0 Å². The smallest absolute Gasteiger partial charge is 0.245 e. The van der Waals surface area contributed by atoms with E-state index in [2.05, 4.69) is 12.1 Å². The average molecular weight is 433 g/mol. The Morgan fingerprint density at radius 3 is 2.12 bits per heavy atom. The number of nitrogens with zero attached hydrogens (tertiary/aromatic N) is 1. The zero-order chi connectivity index (χ0) is 22.6. The normalized spacial score (nSPS) is 11.7. The summed E-state index contributed by atoms with van der Waals surface area (Å²) in [6.45, 7) is 0.635. The Labute approximate surface area is 190 Å². The van der Waals surface area contributed by atoms with E-state index in [4.69, 9.17) is 10.5 Å². The number of hydrogen-bond acceptors (Lipinski definition) is 4. The summed E-state index contributed by atoms with van der Waals surface area (Å²) in [7, 11) is 0. The molecule has 1 atom stereocenters. The summed E-state index contributed by atoms with van der Waals surface area (Å²) in [4.78, 5) is 12.2. The maximum atomic E-state index is 12.2. The number of ether oxygens (including phenoxy) is 1. The zero-order valence-electron chi connectivity index (χ0n) is 18.4. The van der Waals surface area contributed by atoms with Gasteiger partial charge in [-0.2, -0.15) is 0 Å². The highest BCUT2D eigenvalue weighted by Gasteiger charge is 2.15. The lowest BCUT2D eigenvalue weighted by atomic mass is 10.1. The second-order valence-electron chi connectivity index (χ2n) is 8.05. The molecule has 1 amide bonds. The number of carbonyl (C=O) groups excluding carboxylic acids is 1. The van der Waals surface area contributed by atoms with Gasteiger partial charge in [0.25, 0.3) is 0 Å². The van der Waals surface area contributed by atoms with Crippen LogP contribution < -0.4 is 10.5 Å². The summed E-state index contributed by atoms with van der Waals surface area (Å²) >= 11 is 0. The summed E-state index contributed by atoms with van der Waals surface area (Å²) in [6.07, 6.45) is 3.48. The molecule has 5 heteroatoms. The molecular weight excluding hydrogens is 400 g/mol. The fourth-order valence-corrected chi connectivity index (χ4v) is 3.53. The summed E-state index contributed by atoms with van der Waals surface area (Å²) in [6, 6.07) is 27.6. The number of amides is 1. The first-order valence-corrected chi connectivity index (χ1v) is 11.1. The van der Waals surface area contributed by atoms with Crippen LogP contribution in [0.3, 0.4) is 0 Å². The predicted octanol–water partition coefficient (Wildman–Crippen LogP) is 4.77. The molecule has 0 saturated heterocycles. The number of hydrogen-bond donors (Lipinski definition) is 2. The minimum Gasteiger partial charge on any atom is -0.489 e. The van der Waals surface area contributed by atoms with Gasteiger partial charge in [-0.25, -0.2) is 5.06 Å². The van der Waals surface area contributed by atoms with Crippen LogP contribution >= 0.6 is 0 Å². The maximum absolute atomic E-state index is 12.2. The number of benzene rings is 3. The Bertz CT molecular complexity index is 930. The van der Waals surface area contributed by atoms with E-state index in [1.54, 1.807) is 0 Å². The van der Waals surface area contributed by atoms with Gasteiger partial charge in [0, 0.05) is 12.5 Å². The largest absolute Gasteiger partial charge is 0.489 e. The van der Waals surface area contributed by atoms with Crippen molar-refractivity contribution in [1.29, 1.82) is 0 Å². The molecule has 0 aliphatic heterocycles. The first kappa shape index (κ1) is 23.5. The molecule has 3 aromatic carbocycles. The molecule has 0 heterocycles. The lowest BCUT2D eigenvalue weighted by Gasteiger charge is -2.20. The number of aryl methyl sites for hydroxylation is 1. The fraction of sp³-hybridized carbons (Fsp3) is 0.296. The quantitative estimate of drug-likeness (QED) is 0.246. The van der Waals surface area contributed by atoms with Crippen molar-refractivity contribution in [1.82, 2.24) is 5.06 Å². The van der Waals surface area contributed by atoms with Crippen molar-refractivity contribution in [3.05, 3.63) is 102 Å². The molecule has 32 heavy (non-hydrogen) atoms. The highest BCUT2D eigenvalue weighted by Crippen LogP contribution is 2.15. The number of nitrogens with two attached hydrogens (primary N) is 1. The van der Waals surface area contributed by atoms with Gasteiger partial charge in [-0.15, -0.1) is 0 Å². The standard InChI is InChI=1S/C27H32N2O3/c28-25(20-29(31)27(30)14-8-7-11-22-9-3-1-4-10-22)19-23-15-17-26(18-16-23)32-21-24-12-5-2-6-13-24/h1-6,9-10,12-13,15-18,25,31H,7-8,11,14,19-21,28H2/t25-/m0/s1. The Morgan fingerprint density at radius 2 is 1.47 bits per heavy atom. The van der Waals surface area contributed by atoms with Gasteiger partial charge >= 0.3 is 0 Å². The molecule has 0 unspecified atom stereocenters. The van der Waals surface area contributed by atoms with Gasteiger partial charge in [0.1, 0.15) is 12.4 Å². The highest BCUT2D eigenvalue weighted by atomic mass is 16.5. The lowest BCUT2D eigenvalue weighted by Crippen LogP contribution is -2.40. The Kier molecular flexibility index (Phi) is 9.29. The topological polar surface area (TPSA) is 75.8 Å². The van der Waals surface area contributed by atoms with Crippen molar-refractivity contribution in [2.75, 3.05) is 6.54 Å². The van der Waals surface area contributed by atoms with Crippen molar-refractivity contribution in [3.63, 3.8) is 0 Å². The van der Waals surface area contributed by atoms with Gasteiger partial charge in [0.15, 0.2) is 0 Å². The second kappa shape index (κ2) is 12.6. The molecule has 0 spiro atoms. The molecule has 3 rings (SSSR count). The third kappa shape index (κ3) is 8.17. The molecule has 0 aliphatic carbocycles. The van der Waals surface area contributed by atoms with E-state index in [0.29, 0.717) is 19.4 Å². The fourth-order valence-electron chi connectivity index (χ4n) is 3.53. The van der Waals surface area contributed by atoms with Gasteiger partial charge in [0.05, 0.1) is 6.54 Å². The number of hydroxylamine groups is 2. The molecular formula is C27H32N2O3. The van der Waals surface area contributed by atoms with Crippen molar-refractivity contribution >= 4 is 5.91 Å².